The molecule has 1 aromatic heterocycles. The van der Waals surface area contributed by atoms with Crippen LogP contribution in [0.5, 0.6) is 0 Å². The Kier molecular flexibility index (Phi) is 4.38. The van der Waals surface area contributed by atoms with E-state index in [-0.39, 0.29) is 29.5 Å². The van der Waals surface area contributed by atoms with Crippen molar-refractivity contribution in [3.8, 4) is 0 Å². The SMILES string of the molecule is O=C(C=Cc1ccco1)N(C1CCCC1)C1CCS(=O)(=O)C1. The molecule has 1 atom stereocenters. The Morgan fingerprint density at radius 3 is 2.59 bits per heavy atom. The number of hydrogen-bond acceptors (Lipinski definition) is 4. The maximum Gasteiger partial charge on any atom is 0.247 e. The number of carbonyl (C=O) groups excluding carboxylic acids is 1. The van der Waals surface area contributed by atoms with Crippen molar-refractivity contribution in [2.75, 3.05) is 11.5 Å². The van der Waals surface area contributed by atoms with Gasteiger partial charge in [-0.25, -0.2) is 8.42 Å². The van der Waals surface area contributed by atoms with Gasteiger partial charge in [0.15, 0.2) is 9.84 Å². The normalized spacial score (nSPS) is 25.0. The zero-order valence-electron chi connectivity index (χ0n) is 12.5. The molecule has 2 heterocycles. The van der Waals surface area contributed by atoms with Crippen molar-refractivity contribution < 1.29 is 17.6 Å². The Balaban J connectivity index is 1.77. The molecule has 1 aliphatic heterocycles. The third kappa shape index (κ3) is 3.43. The molecule has 120 valence electrons. The lowest BCUT2D eigenvalue weighted by Gasteiger charge is -2.33. The number of sulfone groups is 1. The van der Waals surface area contributed by atoms with Gasteiger partial charge in [-0.15, -0.1) is 0 Å². The van der Waals surface area contributed by atoms with Gasteiger partial charge in [-0.1, -0.05) is 12.8 Å². The predicted octanol–water partition coefficient (Wildman–Crippen LogP) is 2.25. The highest BCUT2D eigenvalue weighted by molar-refractivity contribution is 7.91. The van der Waals surface area contributed by atoms with E-state index in [9.17, 15) is 13.2 Å². The van der Waals surface area contributed by atoms with Crippen molar-refractivity contribution in [1.82, 2.24) is 4.90 Å². The first-order chi connectivity index (χ1) is 10.6. The van der Waals surface area contributed by atoms with Crippen LogP contribution in [0.4, 0.5) is 0 Å². The summed E-state index contributed by atoms with van der Waals surface area (Å²) in [4.78, 5) is 14.4. The molecule has 1 aliphatic carbocycles. The lowest BCUT2D eigenvalue weighted by Crippen LogP contribution is -2.46. The summed E-state index contributed by atoms with van der Waals surface area (Å²) in [6.07, 6.45) is 9.41. The van der Waals surface area contributed by atoms with E-state index >= 15 is 0 Å². The number of hydrogen-bond donors (Lipinski definition) is 0. The summed E-state index contributed by atoms with van der Waals surface area (Å²) in [6.45, 7) is 0. The first kappa shape index (κ1) is 15.3. The minimum atomic E-state index is -3.00. The molecule has 0 radical (unpaired) electrons. The maximum atomic E-state index is 12.6. The minimum Gasteiger partial charge on any atom is -0.465 e. The molecule has 1 saturated heterocycles. The summed E-state index contributed by atoms with van der Waals surface area (Å²) in [7, 11) is -3.00. The van der Waals surface area contributed by atoms with Crippen LogP contribution < -0.4 is 0 Å². The van der Waals surface area contributed by atoms with Crippen molar-refractivity contribution >= 4 is 21.8 Å². The molecule has 1 unspecified atom stereocenters. The monoisotopic (exact) mass is 323 g/mol. The van der Waals surface area contributed by atoms with Crippen molar-refractivity contribution in [1.29, 1.82) is 0 Å². The molecule has 0 aromatic carbocycles. The molecule has 5 nitrogen and oxygen atoms in total. The van der Waals surface area contributed by atoms with E-state index in [0.717, 1.165) is 25.7 Å². The molecule has 3 rings (SSSR count). The molecule has 0 spiro atoms. The van der Waals surface area contributed by atoms with Gasteiger partial charge in [0.25, 0.3) is 0 Å². The topological polar surface area (TPSA) is 67.6 Å². The smallest absolute Gasteiger partial charge is 0.247 e. The molecule has 1 amide bonds. The lowest BCUT2D eigenvalue weighted by atomic mass is 10.1. The van der Waals surface area contributed by atoms with Gasteiger partial charge in [0.1, 0.15) is 5.76 Å². The largest absolute Gasteiger partial charge is 0.465 e. The Hall–Kier alpha value is -1.56. The van der Waals surface area contributed by atoms with Crippen LogP contribution in [0.3, 0.4) is 0 Å². The molecular weight excluding hydrogens is 302 g/mol. The summed E-state index contributed by atoms with van der Waals surface area (Å²) in [5.74, 6) is 0.809. The Labute approximate surface area is 130 Å². The quantitative estimate of drug-likeness (QED) is 0.797. The van der Waals surface area contributed by atoms with Crippen LogP contribution in [0, 0.1) is 0 Å². The van der Waals surface area contributed by atoms with Crippen LogP contribution in [0.1, 0.15) is 37.9 Å². The number of carbonyl (C=O) groups is 1. The fourth-order valence-corrected chi connectivity index (χ4v) is 5.17. The average Bonchev–Trinajstić information content (AvgIpc) is 3.19. The third-order valence-corrected chi connectivity index (χ3v) is 6.26. The summed E-state index contributed by atoms with van der Waals surface area (Å²) in [5.41, 5.74) is 0. The minimum absolute atomic E-state index is 0.101. The van der Waals surface area contributed by atoms with Crippen LogP contribution in [-0.2, 0) is 14.6 Å². The van der Waals surface area contributed by atoms with Crippen molar-refractivity contribution in [3.63, 3.8) is 0 Å². The second-order valence-corrected chi connectivity index (χ2v) is 8.32. The summed E-state index contributed by atoms with van der Waals surface area (Å²) < 4.78 is 28.7. The van der Waals surface area contributed by atoms with Crippen molar-refractivity contribution in [2.45, 2.75) is 44.2 Å². The van der Waals surface area contributed by atoms with E-state index in [4.69, 9.17) is 4.42 Å². The molecule has 22 heavy (non-hydrogen) atoms. The van der Waals surface area contributed by atoms with Gasteiger partial charge >= 0.3 is 0 Å². The van der Waals surface area contributed by atoms with E-state index < -0.39 is 9.84 Å². The van der Waals surface area contributed by atoms with Gasteiger partial charge in [-0.2, -0.15) is 0 Å². The van der Waals surface area contributed by atoms with Gasteiger partial charge in [-0.05, 0) is 37.5 Å². The highest BCUT2D eigenvalue weighted by atomic mass is 32.2. The highest BCUT2D eigenvalue weighted by Crippen LogP contribution is 2.29. The van der Waals surface area contributed by atoms with Gasteiger partial charge in [0, 0.05) is 18.2 Å². The van der Waals surface area contributed by atoms with Gasteiger partial charge in [-0.3, -0.25) is 4.79 Å². The predicted molar refractivity (Wildman–Crippen MR) is 83.9 cm³/mol. The third-order valence-electron chi connectivity index (χ3n) is 4.51. The zero-order valence-corrected chi connectivity index (χ0v) is 13.3. The zero-order chi connectivity index (χ0) is 15.6. The fraction of sp³-hybridized carbons (Fsp3) is 0.562. The van der Waals surface area contributed by atoms with Crippen LogP contribution >= 0.6 is 0 Å². The van der Waals surface area contributed by atoms with E-state index in [1.807, 2.05) is 4.90 Å². The van der Waals surface area contributed by atoms with Gasteiger partial charge in [0.05, 0.1) is 17.8 Å². The van der Waals surface area contributed by atoms with Crippen LogP contribution in [-0.4, -0.2) is 42.8 Å². The summed E-state index contributed by atoms with van der Waals surface area (Å²) in [5, 5.41) is 0. The van der Waals surface area contributed by atoms with Crippen LogP contribution in [0.15, 0.2) is 28.9 Å². The number of amides is 1. The van der Waals surface area contributed by atoms with E-state index in [1.165, 1.54) is 6.08 Å². The van der Waals surface area contributed by atoms with E-state index in [2.05, 4.69) is 0 Å². The molecule has 2 fully saturated rings. The van der Waals surface area contributed by atoms with E-state index in [1.54, 1.807) is 24.5 Å². The van der Waals surface area contributed by atoms with E-state index in [0.29, 0.717) is 12.2 Å². The molecular formula is C16H21NO4S. The number of furan rings is 1. The molecule has 0 N–H and O–H groups in total. The molecule has 1 saturated carbocycles. The standard InChI is InChI=1S/C16H21NO4S/c18-16(8-7-15-6-3-10-21-15)17(13-4-1-2-5-13)14-9-11-22(19,20)12-14/h3,6-8,10,13-14H,1-2,4-5,9,11-12H2. The summed E-state index contributed by atoms with van der Waals surface area (Å²) >= 11 is 0. The average molecular weight is 323 g/mol. The first-order valence-electron chi connectivity index (χ1n) is 7.79. The number of nitrogens with zero attached hydrogens (tertiary/aromatic N) is 1. The Morgan fingerprint density at radius 2 is 2.00 bits per heavy atom. The first-order valence-corrected chi connectivity index (χ1v) is 9.62. The molecule has 0 bridgehead atoms. The number of rotatable bonds is 4. The highest BCUT2D eigenvalue weighted by Gasteiger charge is 2.38. The van der Waals surface area contributed by atoms with Gasteiger partial charge < -0.3 is 9.32 Å². The Bertz CT molecular complexity index is 642. The second kappa shape index (κ2) is 6.28. The van der Waals surface area contributed by atoms with Crippen LogP contribution in [0.2, 0.25) is 0 Å². The molecule has 2 aliphatic rings. The molecule has 6 heteroatoms. The van der Waals surface area contributed by atoms with Crippen LogP contribution in [0.25, 0.3) is 6.08 Å². The summed E-state index contributed by atoms with van der Waals surface area (Å²) in [6, 6.07) is 3.54. The van der Waals surface area contributed by atoms with Gasteiger partial charge in [0.2, 0.25) is 5.91 Å². The fourth-order valence-electron chi connectivity index (χ4n) is 3.46. The van der Waals surface area contributed by atoms with Crippen molar-refractivity contribution in [3.05, 3.63) is 30.2 Å². The maximum absolute atomic E-state index is 12.6. The second-order valence-electron chi connectivity index (χ2n) is 6.09. The molecule has 1 aromatic rings. The Morgan fingerprint density at radius 1 is 1.23 bits per heavy atom. The lowest BCUT2D eigenvalue weighted by molar-refractivity contribution is -0.130. The van der Waals surface area contributed by atoms with Crippen molar-refractivity contribution in [2.24, 2.45) is 0 Å².